The van der Waals surface area contributed by atoms with Crippen LogP contribution in [-0.4, -0.2) is 29.0 Å². The molecule has 1 aromatic carbocycles. The molecule has 3 N–H and O–H groups in total. The van der Waals surface area contributed by atoms with Gasteiger partial charge < -0.3 is 10.5 Å². The van der Waals surface area contributed by atoms with Gasteiger partial charge in [0.05, 0.1) is 9.78 Å². The summed E-state index contributed by atoms with van der Waals surface area (Å²) >= 11 is 4.36. The number of nitrogens with zero attached hydrogens (tertiary/aromatic N) is 3. The highest BCUT2D eigenvalue weighted by atomic mass is 127. The van der Waals surface area contributed by atoms with Crippen LogP contribution in [-0.2, 0) is 0 Å². The number of nitrogen functional groups attached to an aromatic ring is 1. The van der Waals surface area contributed by atoms with Gasteiger partial charge in [-0.25, -0.2) is 10.1 Å². The molecule has 1 heterocycles. The monoisotopic (exact) mass is 539 g/mol. The van der Waals surface area contributed by atoms with E-state index < -0.39 is 5.91 Å². The van der Waals surface area contributed by atoms with E-state index in [-0.39, 0.29) is 11.5 Å². The molecule has 8 nitrogen and oxygen atoms in total. The molecule has 0 aliphatic carbocycles. The minimum absolute atomic E-state index is 0.100. The smallest absolute Gasteiger partial charge is 0.297 e. The lowest BCUT2D eigenvalue weighted by Gasteiger charge is -2.10. The van der Waals surface area contributed by atoms with E-state index in [4.69, 9.17) is 10.5 Å². The lowest BCUT2D eigenvalue weighted by atomic mass is 10.2. The molecule has 10 heteroatoms. The Labute approximate surface area is 158 Å². The summed E-state index contributed by atoms with van der Waals surface area (Å²) in [4.78, 5) is 11.8. The molecule has 120 valence electrons. The molecule has 2 rings (SSSR count). The molecule has 0 saturated heterocycles. The Kier molecular flexibility index (Phi) is 6.32. The van der Waals surface area contributed by atoms with Crippen LogP contribution in [0.15, 0.2) is 34.5 Å². The molecule has 0 unspecified atom stereocenters. The van der Waals surface area contributed by atoms with Crippen molar-refractivity contribution >= 4 is 63.1 Å². The van der Waals surface area contributed by atoms with Crippen LogP contribution < -0.4 is 15.9 Å². The predicted octanol–water partition coefficient (Wildman–Crippen LogP) is 2.19. The lowest BCUT2D eigenvalue weighted by Crippen LogP contribution is -2.19. The average Bonchev–Trinajstić information content (AvgIpc) is 2.92. The fraction of sp³-hybridized carbons (Fsp3) is 0.0769. The van der Waals surface area contributed by atoms with Crippen LogP contribution in [0.3, 0.4) is 0 Å². The normalized spacial score (nSPS) is 10.7. The summed E-state index contributed by atoms with van der Waals surface area (Å²) in [6, 6.07) is 3.85. The second-order valence-electron chi connectivity index (χ2n) is 4.10. The van der Waals surface area contributed by atoms with E-state index in [0.717, 1.165) is 12.7 Å². The molecule has 1 amide bonds. The number of benzene rings is 1. The number of rotatable bonds is 6. The number of anilines is 1. The number of halogens is 2. The molecule has 2 aromatic rings. The zero-order valence-corrected chi connectivity index (χ0v) is 15.9. The van der Waals surface area contributed by atoms with Crippen molar-refractivity contribution in [2.24, 2.45) is 5.10 Å². The second-order valence-corrected chi connectivity index (χ2v) is 6.51. The highest BCUT2D eigenvalue weighted by Crippen LogP contribution is 2.27. The number of hydrazone groups is 1. The van der Waals surface area contributed by atoms with E-state index >= 15 is 0 Å². The summed E-state index contributed by atoms with van der Waals surface area (Å²) in [5, 5.41) is 10.6. The van der Waals surface area contributed by atoms with E-state index in [2.05, 4.69) is 77.2 Å². The molecule has 0 aliphatic heterocycles. The van der Waals surface area contributed by atoms with Gasteiger partial charge in [-0.3, -0.25) is 4.79 Å². The molecule has 0 atom stereocenters. The van der Waals surface area contributed by atoms with Gasteiger partial charge in [0.2, 0.25) is 11.5 Å². The molecule has 0 aliphatic rings. The number of nitrogens with two attached hydrogens (primary N) is 1. The maximum Gasteiger partial charge on any atom is 0.297 e. The molecule has 1 aromatic heterocycles. The number of nitrogens with one attached hydrogen (secondary N) is 1. The first-order valence-corrected chi connectivity index (χ1v) is 8.33. The van der Waals surface area contributed by atoms with Crippen LogP contribution in [0.25, 0.3) is 0 Å². The summed E-state index contributed by atoms with van der Waals surface area (Å²) < 4.78 is 11.9. The maximum absolute atomic E-state index is 11.8. The SMILES string of the molecule is C=CCOc1c(I)cc(I)cc1/C=N\NC(=O)c1nonc1N. The number of aromatic nitrogens is 2. The largest absolute Gasteiger partial charge is 0.488 e. The van der Waals surface area contributed by atoms with Gasteiger partial charge in [0.15, 0.2) is 0 Å². The molecule has 0 saturated carbocycles. The third-order valence-corrected chi connectivity index (χ3v) is 3.91. The third kappa shape index (κ3) is 4.63. The number of hydrogen-bond acceptors (Lipinski definition) is 7. The van der Waals surface area contributed by atoms with E-state index in [0.29, 0.717) is 12.4 Å². The van der Waals surface area contributed by atoms with Gasteiger partial charge in [-0.2, -0.15) is 5.10 Å². The zero-order chi connectivity index (χ0) is 16.8. The molecular weight excluding hydrogens is 528 g/mol. The van der Waals surface area contributed by atoms with E-state index in [1.165, 1.54) is 6.21 Å². The second kappa shape index (κ2) is 8.24. The van der Waals surface area contributed by atoms with Gasteiger partial charge in [-0.15, -0.1) is 0 Å². The van der Waals surface area contributed by atoms with Crippen LogP contribution in [0.2, 0.25) is 0 Å². The minimum atomic E-state index is -0.617. The Hall–Kier alpha value is -1.70. The Balaban J connectivity index is 2.16. The lowest BCUT2D eigenvalue weighted by molar-refractivity contribution is 0.0946. The topological polar surface area (TPSA) is 116 Å². The number of hydrogen-bond donors (Lipinski definition) is 2. The van der Waals surface area contributed by atoms with Crippen molar-refractivity contribution < 1.29 is 14.2 Å². The number of amides is 1. The standard InChI is InChI=1S/C13H11I2N5O3/c1-2-3-22-11-7(4-8(14)5-9(11)15)6-17-18-13(21)10-12(16)20-23-19-10/h2,4-6H,1,3H2,(H2,16,20)(H,18,21)/b17-6-. The summed E-state index contributed by atoms with van der Waals surface area (Å²) in [6.45, 7) is 3.99. The van der Waals surface area contributed by atoms with Crippen molar-refractivity contribution in [2.75, 3.05) is 12.3 Å². The fourth-order valence-electron chi connectivity index (χ4n) is 1.54. The van der Waals surface area contributed by atoms with Crippen molar-refractivity contribution in [3.05, 3.63) is 43.2 Å². The van der Waals surface area contributed by atoms with Crippen LogP contribution in [0, 0.1) is 7.14 Å². The van der Waals surface area contributed by atoms with Gasteiger partial charge in [0, 0.05) is 9.13 Å². The summed E-state index contributed by atoms with van der Waals surface area (Å²) in [7, 11) is 0. The van der Waals surface area contributed by atoms with Gasteiger partial charge in [-0.05, 0) is 67.6 Å². The maximum atomic E-state index is 11.8. The Morgan fingerprint density at radius 2 is 2.26 bits per heavy atom. The zero-order valence-electron chi connectivity index (χ0n) is 11.6. The molecule has 0 fully saturated rings. The summed E-state index contributed by atoms with van der Waals surface area (Å²) in [6.07, 6.45) is 3.13. The van der Waals surface area contributed by atoms with E-state index in [1.807, 2.05) is 12.1 Å². The fourth-order valence-corrected chi connectivity index (χ4v) is 3.58. The van der Waals surface area contributed by atoms with Crippen molar-refractivity contribution in [2.45, 2.75) is 0 Å². The summed E-state index contributed by atoms with van der Waals surface area (Å²) in [5.74, 6) is -0.0584. The summed E-state index contributed by atoms with van der Waals surface area (Å²) in [5.41, 5.74) is 8.33. The number of ether oxygens (including phenoxy) is 1. The van der Waals surface area contributed by atoms with Crippen molar-refractivity contribution in [1.29, 1.82) is 0 Å². The Morgan fingerprint density at radius 3 is 2.91 bits per heavy atom. The molecule has 23 heavy (non-hydrogen) atoms. The average molecular weight is 539 g/mol. The van der Waals surface area contributed by atoms with Gasteiger partial charge in [-0.1, -0.05) is 12.7 Å². The highest BCUT2D eigenvalue weighted by molar-refractivity contribution is 14.1. The van der Waals surface area contributed by atoms with Crippen LogP contribution >= 0.6 is 45.2 Å². The molecular formula is C13H11I2N5O3. The Morgan fingerprint density at radius 1 is 1.48 bits per heavy atom. The van der Waals surface area contributed by atoms with Gasteiger partial charge in [0.25, 0.3) is 5.91 Å². The Bertz CT molecular complexity index is 760. The first kappa shape index (κ1) is 17.7. The minimum Gasteiger partial charge on any atom is -0.488 e. The number of carbonyl (C=O) groups excluding carboxylic acids is 1. The van der Waals surface area contributed by atoms with Crippen molar-refractivity contribution in [3.8, 4) is 5.75 Å². The predicted molar refractivity (Wildman–Crippen MR) is 101 cm³/mol. The van der Waals surface area contributed by atoms with Crippen LogP contribution in [0.5, 0.6) is 5.75 Å². The van der Waals surface area contributed by atoms with Gasteiger partial charge >= 0.3 is 0 Å². The van der Waals surface area contributed by atoms with Crippen LogP contribution in [0.4, 0.5) is 5.82 Å². The van der Waals surface area contributed by atoms with Gasteiger partial charge in [0.1, 0.15) is 12.4 Å². The number of carbonyl (C=O) groups is 1. The first-order chi connectivity index (χ1) is 11.0. The first-order valence-electron chi connectivity index (χ1n) is 6.17. The highest BCUT2D eigenvalue weighted by Gasteiger charge is 2.15. The van der Waals surface area contributed by atoms with Crippen molar-refractivity contribution in [3.63, 3.8) is 0 Å². The third-order valence-electron chi connectivity index (χ3n) is 2.48. The molecule has 0 spiro atoms. The van der Waals surface area contributed by atoms with E-state index in [9.17, 15) is 4.79 Å². The van der Waals surface area contributed by atoms with E-state index in [1.54, 1.807) is 6.08 Å². The molecule has 0 bridgehead atoms. The van der Waals surface area contributed by atoms with Crippen molar-refractivity contribution in [1.82, 2.24) is 15.7 Å². The van der Waals surface area contributed by atoms with Crippen LogP contribution in [0.1, 0.15) is 16.1 Å². The quantitative estimate of drug-likeness (QED) is 0.252. The molecule has 0 radical (unpaired) electrons.